The predicted octanol–water partition coefficient (Wildman–Crippen LogP) is 1.97. The molecule has 1 aromatic heterocycles. The third kappa shape index (κ3) is 2.80. The van der Waals surface area contributed by atoms with Crippen molar-refractivity contribution in [3.63, 3.8) is 0 Å². The van der Waals surface area contributed by atoms with E-state index in [4.69, 9.17) is 9.26 Å². The molecule has 6 nitrogen and oxygen atoms in total. The second-order valence-electron chi connectivity index (χ2n) is 5.69. The van der Waals surface area contributed by atoms with Crippen molar-refractivity contribution in [3.05, 3.63) is 18.2 Å². The summed E-state index contributed by atoms with van der Waals surface area (Å²) < 4.78 is 11.1. The Morgan fingerprint density at radius 1 is 1.40 bits per heavy atom. The summed E-state index contributed by atoms with van der Waals surface area (Å²) >= 11 is 0. The smallest absolute Gasteiger partial charge is 0.265 e. The van der Waals surface area contributed by atoms with E-state index in [1.54, 1.807) is 0 Å². The average Bonchev–Trinajstić information content (AvgIpc) is 3.08. The van der Waals surface area contributed by atoms with Crippen molar-refractivity contribution in [3.8, 4) is 0 Å². The van der Waals surface area contributed by atoms with Crippen molar-refractivity contribution < 1.29 is 9.26 Å². The molecular formula is C14H22N4O2. The van der Waals surface area contributed by atoms with Crippen molar-refractivity contribution in [1.29, 1.82) is 0 Å². The average molecular weight is 278 g/mol. The Balaban J connectivity index is 1.66. The zero-order chi connectivity index (χ0) is 13.9. The van der Waals surface area contributed by atoms with Crippen molar-refractivity contribution in [2.75, 3.05) is 32.1 Å². The number of anilines is 1. The van der Waals surface area contributed by atoms with Crippen LogP contribution in [0.15, 0.2) is 16.9 Å². The van der Waals surface area contributed by atoms with Crippen LogP contribution in [0, 0.1) is 0 Å². The monoisotopic (exact) mass is 278 g/mol. The number of nitrogens with zero attached hydrogens (tertiary/aromatic N) is 4. The fourth-order valence-corrected chi connectivity index (χ4v) is 2.85. The van der Waals surface area contributed by atoms with E-state index in [9.17, 15) is 0 Å². The molecule has 0 saturated carbocycles. The summed E-state index contributed by atoms with van der Waals surface area (Å²) in [5.41, 5.74) is 0. The predicted molar refractivity (Wildman–Crippen MR) is 75.4 cm³/mol. The van der Waals surface area contributed by atoms with Gasteiger partial charge in [0.2, 0.25) is 5.89 Å². The maximum atomic E-state index is 5.67. The minimum absolute atomic E-state index is 0.241. The molecule has 0 radical (unpaired) electrons. The van der Waals surface area contributed by atoms with Crippen molar-refractivity contribution in [2.24, 2.45) is 0 Å². The fourth-order valence-electron chi connectivity index (χ4n) is 2.85. The Kier molecular flexibility index (Phi) is 3.91. The molecule has 3 rings (SSSR count). The second-order valence-corrected chi connectivity index (χ2v) is 5.69. The molecule has 0 spiro atoms. The van der Waals surface area contributed by atoms with Crippen LogP contribution in [-0.4, -0.2) is 48.3 Å². The van der Waals surface area contributed by atoms with Gasteiger partial charge in [0.05, 0.1) is 12.3 Å². The van der Waals surface area contributed by atoms with Gasteiger partial charge in [0, 0.05) is 20.6 Å². The van der Waals surface area contributed by atoms with Gasteiger partial charge in [-0.25, -0.2) is 0 Å². The molecular weight excluding hydrogens is 256 g/mol. The van der Waals surface area contributed by atoms with Crippen LogP contribution in [0.4, 0.5) is 5.95 Å². The van der Waals surface area contributed by atoms with Gasteiger partial charge in [0.25, 0.3) is 5.95 Å². The van der Waals surface area contributed by atoms with E-state index in [0.717, 1.165) is 38.2 Å². The van der Waals surface area contributed by atoms with E-state index in [1.807, 2.05) is 25.3 Å². The molecule has 2 aliphatic heterocycles. The second kappa shape index (κ2) is 5.83. The van der Waals surface area contributed by atoms with Gasteiger partial charge in [-0.15, -0.1) is 0 Å². The summed E-state index contributed by atoms with van der Waals surface area (Å²) in [6.07, 6.45) is 8.65. The lowest BCUT2D eigenvalue weighted by Crippen LogP contribution is -2.33. The van der Waals surface area contributed by atoms with E-state index in [-0.39, 0.29) is 12.1 Å². The molecule has 0 N–H and O–H groups in total. The summed E-state index contributed by atoms with van der Waals surface area (Å²) in [7, 11) is 3.84. The lowest BCUT2D eigenvalue weighted by atomic mass is 10.1. The minimum atomic E-state index is 0.241. The van der Waals surface area contributed by atoms with Gasteiger partial charge in [-0.1, -0.05) is 0 Å². The van der Waals surface area contributed by atoms with Crippen molar-refractivity contribution in [1.82, 2.24) is 15.0 Å². The van der Waals surface area contributed by atoms with Crippen LogP contribution >= 0.6 is 0 Å². The first-order valence-electron chi connectivity index (χ1n) is 7.29. The molecule has 0 amide bonds. The maximum absolute atomic E-state index is 5.67. The number of hydrogen-bond acceptors (Lipinski definition) is 6. The van der Waals surface area contributed by atoms with E-state index >= 15 is 0 Å². The third-order valence-corrected chi connectivity index (χ3v) is 3.94. The summed E-state index contributed by atoms with van der Waals surface area (Å²) in [5.74, 6) is 1.38. The summed E-state index contributed by atoms with van der Waals surface area (Å²) in [6, 6.07) is 0.241. The number of allylic oxidation sites excluding steroid dienone is 1. The molecule has 2 atom stereocenters. The number of likely N-dealkylation sites (tertiary alicyclic amines) is 1. The van der Waals surface area contributed by atoms with Gasteiger partial charge >= 0.3 is 0 Å². The molecule has 1 aromatic rings. The lowest BCUT2D eigenvalue weighted by Gasteiger charge is -2.27. The number of hydrogen-bond donors (Lipinski definition) is 0. The van der Waals surface area contributed by atoms with E-state index in [0.29, 0.717) is 5.95 Å². The largest absolute Gasteiger partial charge is 0.497 e. The van der Waals surface area contributed by atoms with Gasteiger partial charge in [-0.05, 0) is 43.5 Å². The first-order valence-corrected chi connectivity index (χ1v) is 7.29. The molecule has 6 heteroatoms. The molecule has 0 aliphatic carbocycles. The van der Waals surface area contributed by atoms with E-state index in [2.05, 4.69) is 21.1 Å². The third-order valence-electron chi connectivity index (χ3n) is 3.94. The quantitative estimate of drug-likeness (QED) is 0.839. The lowest BCUT2D eigenvalue weighted by molar-refractivity contribution is 0.0681. The summed E-state index contributed by atoms with van der Waals surface area (Å²) in [4.78, 5) is 8.76. The molecule has 0 unspecified atom stereocenters. The Hall–Kier alpha value is -1.56. The normalized spacial score (nSPS) is 26.7. The highest BCUT2D eigenvalue weighted by Gasteiger charge is 2.32. The van der Waals surface area contributed by atoms with Crippen LogP contribution in [-0.2, 0) is 4.74 Å². The minimum Gasteiger partial charge on any atom is -0.497 e. The molecule has 2 aliphatic rings. The zero-order valence-corrected chi connectivity index (χ0v) is 12.2. The number of aromatic nitrogens is 2. The molecule has 3 heterocycles. The Morgan fingerprint density at radius 3 is 3.00 bits per heavy atom. The molecule has 1 saturated heterocycles. The zero-order valence-electron chi connectivity index (χ0n) is 12.2. The Morgan fingerprint density at radius 2 is 2.30 bits per heavy atom. The van der Waals surface area contributed by atoms with Crippen LogP contribution in [0.2, 0.25) is 0 Å². The topological polar surface area (TPSA) is 54.6 Å². The summed E-state index contributed by atoms with van der Waals surface area (Å²) in [5, 5.41) is 4.01. The Bertz CT molecular complexity index is 471. The van der Waals surface area contributed by atoms with Gasteiger partial charge in [0.1, 0.15) is 6.10 Å². The maximum Gasteiger partial charge on any atom is 0.265 e. The Labute approximate surface area is 119 Å². The number of rotatable bonds is 4. The van der Waals surface area contributed by atoms with Gasteiger partial charge in [-0.2, -0.15) is 4.98 Å². The molecule has 110 valence electrons. The standard InChI is InChI=1S/C14H22N4O2/c1-17(2)14-15-13(20-16-14)12-7-5-8-18(12)10-11-6-3-4-9-19-11/h4,9,11-12H,3,5-8,10H2,1-2H3/t11-,12+/m0/s1. The summed E-state index contributed by atoms with van der Waals surface area (Å²) in [6.45, 7) is 2.02. The first-order chi connectivity index (χ1) is 9.74. The highest BCUT2D eigenvalue weighted by atomic mass is 16.5. The molecule has 20 heavy (non-hydrogen) atoms. The van der Waals surface area contributed by atoms with Crippen LogP contribution < -0.4 is 4.90 Å². The molecule has 0 bridgehead atoms. The SMILES string of the molecule is CN(C)c1noc([C@H]2CCCN2C[C@@H]2CCC=CO2)n1. The highest BCUT2D eigenvalue weighted by molar-refractivity contribution is 5.24. The van der Waals surface area contributed by atoms with Crippen LogP contribution in [0.3, 0.4) is 0 Å². The van der Waals surface area contributed by atoms with Crippen LogP contribution in [0.5, 0.6) is 0 Å². The van der Waals surface area contributed by atoms with Crippen LogP contribution in [0.1, 0.15) is 37.6 Å². The van der Waals surface area contributed by atoms with E-state index in [1.165, 1.54) is 6.42 Å². The van der Waals surface area contributed by atoms with Crippen molar-refractivity contribution >= 4 is 5.95 Å². The highest BCUT2D eigenvalue weighted by Crippen LogP contribution is 2.32. The molecule has 0 aromatic carbocycles. The fraction of sp³-hybridized carbons (Fsp3) is 0.714. The first kappa shape index (κ1) is 13.4. The molecule has 1 fully saturated rings. The van der Waals surface area contributed by atoms with E-state index < -0.39 is 0 Å². The van der Waals surface area contributed by atoms with Crippen molar-refractivity contribution in [2.45, 2.75) is 37.8 Å². The van der Waals surface area contributed by atoms with Gasteiger partial charge in [0.15, 0.2) is 0 Å². The van der Waals surface area contributed by atoms with Gasteiger partial charge in [-0.3, -0.25) is 4.90 Å². The van der Waals surface area contributed by atoms with Gasteiger partial charge < -0.3 is 14.2 Å². The number of ether oxygens (including phenoxy) is 1. The van der Waals surface area contributed by atoms with Crippen LogP contribution in [0.25, 0.3) is 0 Å².